The summed E-state index contributed by atoms with van der Waals surface area (Å²) in [6, 6.07) is 6.90. The molecule has 0 saturated carbocycles. The molecule has 1 unspecified atom stereocenters. The first-order valence-corrected chi connectivity index (χ1v) is 6.42. The summed E-state index contributed by atoms with van der Waals surface area (Å²) in [6.07, 6.45) is 1.45. The quantitative estimate of drug-likeness (QED) is 0.802. The molecule has 98 valence electrons. The molecule has 1 N–H and O–H groups in total. The maximum Gasteiger partial charge on any atom is 0.335 e. The summed E-state index contributed by atoms with van der Waals surface area (Å²) in [7, 11) is 0. The van der Waals surface area contributed by atoms with Gasteiger partial charge in [-0.25, -0.2) is 4.79 Å². The Labute approximate surface area is 111 Å². The third-order valence-electron chi connectivity index (χ3n) is 2.89. The Hall–Kier alpha value is -1.04. The molecule has 1 saturated heterocycles. The smallest absolute Gasteiger partial charge is 0.335 e. The largest absolute Gasteiger partial charge is 0.478 e. The summed E-state index contributed by atoms with van der Waals surface area (Å²) in [6.45, 7) is 1.27. The number of carboxylic acid groups (broad SMARTS) is 1. The molecule has 0 aromatic heterocycles. The maximum absolute atomic E-state index is 10.7. The monoisotopic (exact) mass is 268 g/mol. The Balaban J connectivity index is 1.84. The van der Waals surface area contributed by atoms with E-state index in [2.05, 4.69) is 12.6 Å². The number of rotatable bonds is 5. The first-order valence-electron chi connectivity index (χ1n) is 5.90. The van der Waals surface area contributed by atoms with E-state index in [0.29, 0.717) is 18.8 Å². The summed E-state index contributed by atoms with van der Waals surface area (Å²) in [5.74, 6) is -0.902. The van der Waals surface area contributed by atoms with Crippen LogP contribution in [0.1, 0.15) is 22.3 Å². The number of aromatic carboxylic acids is 1. The summed E-state index contributed by atoms with van der Waals surface area (Å²) in [5, 5.41) is 8.84. The van der Waals surface area contributed by atoms with Crippen molar-refractivity contribution in [1.29, 1.82) is 0 Å². The average Bonchev–Trinajstić information content (AvgIpc) is 2.90. The Morgan fingerprint density at radius 3 is 2.50 bits per heavy atom. The van der Waals surface area contributed by atoms with E-state index in [1.54, 1.807) is 12.1 Å². The van der Waals surface area contributed by atoms with Crippen LogP contribution in [0, 0.1) is 0 Å². The number of carboxylic acids is 1. The van der Waals surface area contributed by atoms with Crippen LogP contribution < -0.4 is 0 Å². The van der Waals surface area contributed by atoms with Crippen LogP contribution in [0.2, 0.25) is 0 Å². The van der Waals surface area contributed by atoms with Gasteiger partial charge in [-0.05, 0) is 30.5 Å². The molecule has 18 heavy (non-hydrogen) atoms. The standard InChI is InChI=1S/C13H16O4S/c14-12(15)10-4-1-9(2-5-10)3-6-11(18)13-16-7-8-17-13/h1-2,4-5,11,13,18H,3,6-8H2,(H,14,15). The summed E-state index contributed by atoms with van der Waals surface area (Å²) in [5.41, 5.74) is 1.40. The normalized spacial score (nSPS) is 17.8. The Kier molecular flexibility index (Phi) is 4.63. The van der Waals surface area contributed by atoms with Crippen molar-refractivity contribution in [2.75, 3.05) is 13.2 Å². The molecular weight excluding hydrogens is 252 g/mol. The highest BCUT2D eigenvalue weighted by atomic mass is 32.1. The number of hydrogen-bond donors (Lipinski definition) is 2. The van der Waals surface area contributed by atoms with Crippen LogP contribution in [0.3, 0.4) is 0 Å². The lowest BCUT2D eigenvalue weighted by atomic mass is 10.1. The number of ether oxygens (including phenoxy) is 2. The Morgan fingerprint density at radius 2 is 1.94 bits per heavy atom. The molecule has 1 atom stereocenters. The Morgan fingerprint density at radius 1 is 1.33 bits per heavy atom. The zero-order valence-electron chi connectivity index (χ0n) is 9.91. The molecule has 5 heteroatoms. The number of carbonyl (C=O) groups is 1. The minimum Gasteiger partial charge on any atom is -0.478 e. The highest BCUT2D eigenvalue weighted by molar-refractivity contribution is 7.81. The second-order valence-electron chi connectivity index (χ2n) is 4.22. The van der Waals surface area contributed by atoms with E-state index in [1.807, 2.05) is 12.1 Å². The van der Waals surface area contributed by atoms with E-state index < -0.39 is 5.97 Å². The molecular formula is C13H16O4S. The second-order valence-corrected chi connectivity index (χ2v) is 4.88. The lowest BCUT2D eigenvalue weighted by Gasteiger charge is -2.16. The third kappa shape index (κ3) is 3.48. The van der Waals surface area contributed by atoms with Gasteiger partial charge in [0, 0.05) is 0 Å². The van der Waals surface area contributed by atoms with E-state index in [-0.39, 0.29) is 11.5 Å². The van der Waals surface area contributed by atoms with Crippen LogP contribution in [0.5, 0.6) is 0 Å². The number of hydrogen-bond acceptors (Lipinski definition) is 4. The molecule has 1 fully saturated rings. The minimum atomic E-state index is -0.902. The van der Waals surface area contributed by atoms with Crippen LogP contribution in [-0.4, -0.2) is 35.8 Å². The van der Waals surface area contributed by atoms with Crippen LogP contribution in [-0.2, 0) is 15.9 Å². The van der Waals surface area contributed by atoms with Crippen LogP contribution in [0.15, 0.2) is 24.3 Å². The first kappa shape index (κ1) is 13.4. The van der Waals surface area contributed by atoms with Crippen molar-refractivity contribution in [3.63, 3.8) is 0 Å². The fourth-order valence-electron chi connectivity index (χ4n) is 1.86. The van der Waals surface area contributed by atoms with Crippen molar-refractivity contribution < 1.29 is 19.4 Å². The molecule has 1 aliphatic heterocycles. The molecule has 0 bridgehead atoms. The molecule has 2 rings (SSSR count). The van der Waals surface area contributed by atoms with Gasteiger partial charge in [0.1, 0.15) is 0 Å². The molecule has 1 heterocycles. The van der Waals surface area contributed by atoms with E-state index in [9.17, 15) is 4.79 Å². The van der Waals surface area contributed by atoms with Crippen molar-refractivity contribution in [3.05, 3.63) is 35.4 Å². The van der Waals surface area contributed by atoms with E-state index >= 15 is 0 Å². The Bertz CT molecular complexity index is 398. The van der Waals surface area contributed by atoms with Gasteiger partial charge in [0.2, 0.25) is 0 Å². The first-order chi connectivity index (χ1) is 8.66. The van der Waals surface area contributed by atoms with Gasteiger partial charge in [0.15, 0.2) is 6.29 Å². The second kappa shape index (κ2) is 6.22. The SMILES string of the molecule is O=C(O)c1ccc(CCC(S)C2OCCO2)cc1. The van der Waals surface area contributed by atoms with Crippen molar-refractivity contribution in [1.82, 2.24) is 0 Å². The molecule has 0 amide bonds. The molecule has 1 aromatic carbocycles. The van der Waals surface area contributed by atoms with Crippen molar-refractivity contribution in [2.24, 2.45) is 0 Å². The predicted octanol–water partition coefficient (Wildman–Crippen LogP) is 1.99. The van der Waals surface area contributed by atoms with Gasteiger partial charge in [0.05, 0.1) is 24.0 Å². The number of benzene rings is 1. The van der Waals surface area contributed by atoms with Gasteiger partial charge >= 0.3 is 5.97 Å². The van der Waals surface area contributed by atoms with Gasteiger partial charge in [-0.1, -0.05) is 12.1 Å². The van der Waals surface area contributed by atoms with Gasteiger partial charge in [0.25, 0.3) is 0 Å². The summed E-state index contributed by atoms with van der Waals surface area (Å²) >= 11 is 4.46. The third-order valence-corrected chi connectivity index (χ3v) is 3.39. The maximum atomic E-state index is 10.7. The molecule has 1 aromatic rings. The highest BCUT2D eigenvalue weighted by Gasteiger charge is 2.23. The molecule has 4 nitrogen and oxygen atoms in total. The lowest BCUT2D eigenvalue weighted by Crippen LogP contribution is -2.22. The highest BCUT2D eigenvalue weighted by Crippen LogP contribution is 2.19. The average molecular weight is 268 g/mol. The summed E-state index contributed by atoms with van der Waals surface area (Å²) < 4.78 is 10.8. The zero-order valence-corrected chi connectivity index (χ0v) is 10.8. The fourth-order valence-corrected chi connectivity index (χ4v) is 2.16. The van der Waals surface area contributed by atoms with Crippen molar-refractivity contribution in [2.45, 2.75) is 24.4 Å². The van der Waals surface area contributed by atoms with Crippen molar-refractivity contribution >= 4 is 18.6 Å². The van der Waals surface area contributed by atoms with Crippen LogP contribution in [0.25, 0.3) is 0 Å². The van der Waals surface area contributed by atoms with E-state index in [4.69, 9.17) is 14.6 Å². The molecule has 1 aliphatic rings. The fraction of sp³-hybridized carbons (Fsp3) is 0.462. The van der Waals surface area contributed by atoms with Crippen LogP contribution >= 0.6 is 12.6 Å². The summed E-state index contributed by atoms with van der Waals surface area (Å²) in [4.78, 5) is 10.7. The minimum absolute atomic E-state index is 0.0478. The molecule has 0 spiro atoms. The zero-order chi connectivity index (χ0) is 13.0. The van der Waals surface area contributed by atoms with E-state index in [0.717, 1.165) is 18.4 Å². The molecule has 0 radical (unpaired) electrons. The van der Waals surface area contributed by atoms with Gasteiger partial charge < -0.3 is 14.6 Å². The lowest BCUT2D eigenvalue weighted by molar-refractivity contribution is -0.0423. The van der Waals surface area contributed by atoms with E-state index in [1.165, 1.54) is 0 Å². The predicted molar refractivity (Wildman–Crippen MR) is 70.2 cm³/mol. The molecule has 0 aliphatic carbocycles. The van der Waals surface area contributed by atoms with Gasteiger partial charge in [-0.15, -0.1) is 0 Å². The van der Waals surface area contributed by atoms with Gasteiger partial charge in [-0.3, -0.25) is 0 Å². The van der Waals surface area contributed by atoms with Gasteiger partial charge in [-0.2, -0.15) is 12.6 Å². The topological polar surface area (TPSA) is 55.8 Å². The number of aryl methyl sites for hydroxylation is 1. The number of thiol groups is 1. The van der Waals surface area contributed by atoms with Crippen molar-refractivity contribution in [3.8, 4) is 0 Å². The van der Waals surface area contributed by atoms with Crippen LogP contribution in [0.4, 0.5) is 0 Å².